The minimum absolute atomic E-state index is 0.241. The molecule has 3 N–H and O–H groups in total. The quantitative estimate of drug-likeness (QED) is 0.803. The van der Waals surface area contributed by atoms with E-state index in [-0.39, 0.29) is 17.9 Å². The number of amides is 2. The van der Waals surface area contributed by atoms with Gasteiger partial charge < -0.3 is 5.32 Å². The van der Waals surface area contributed by atoms with Gasteiger partial charge in [-0.1, -0.05) is 48.0 Å². The average Bonchev–Trinajstić information content (AvgIpc) is 2.89. The van der Waals surface area contributed by atoms with Gasteiger partial charge in [-0.25, -0.2) is 5.43 Å². The van der Waals surface area contributed by atoms with Crippen LogP contribution in [-0.4, -0.2) is 17.9 Å². The number of nitrogens with one attached hydrogen (secondary N) is 3. The molecule has 1 heterocycles. The number of rotatable bonds is 3. The third-order valence-corrected chi connectivity index (χ3v) is 3.69. The predicted octanol–water partition coefficient (Wildman–Crippen LogP) is 1.47. The van der Waals surface area contributed by atoms with Crippen LogP contribution in [0.1, 0.15) is 27.5 Å². The highest BCUT2D eigenvalue weighted by Crippen LogP contribution is 2.20. The monoisotopic (exact) mass is 295 g/mol. The lowest BCUT2D eigenvalue weighted by Crippen LogP contribution is -2.42. The summed E-state index contributed by atoms with van der Waals surface area (Å²) in [7, 11) is 0. The molecule has 112 valence electrons. The number of carbonyl (C=O) groups is 2. The van der Waals surface area contributed by atoms with E-state index < -0.39 is 6.04 Å². The first kappa shape index (κ1) is 14.3. The van der Waals surface area contributed by atoms with E-state index in [9.17, 15) is 9.59 Å². The molecule has 2 atom stereocenters. The second-order valence-electron chi connectivity index (χ2n) is 5.34. The Bertz CT molecular complexity index is 700. The van der Waals surface area contributed by atoms with Gasteiger partial charge in [-0.3, -0.25) is 15.0 Å². The smallest absolute Gasteiger partial charge is 0.258 e. The summed E-state index contributed by atoms with van der Waals surface area (Å²) in [6, 6.07) is 15.9. The molecule has 1 aliphatic heterocycles. The highest BCUT2D eigenvalue weighted by molar-refractivity contribution is 5.98. The molecular weight excluding hydrogens is 278 g/mol. The van der Waals surface area contributed by atoms with Crippen LogP contribution in [0, 0.1) is 6.92 Å². The lowest BCUT2D eigenvalue weighted by atomic mass is 10.0. The van der Waals surface area contributed by atoms with Gasteiger partial charge in [0.05, 0.1) is 6.04 Å². The Morgan fingerprint density at radius 2 is 1.86 bits per heavy atom. The van der Waals surface area contributed by atoms with Crippen LogP contribution in [-0.2, 0) is 4.79 Å². The van der Waals surface area contributed by atoms with E-state index in [1.54, 1.807) is 12.1 Å². The van der Waals surface area contributed by atoms with E-state index in [4.69, 9.17) is 0 Å². The van der Waals surface area contributed by atoms with Crippen LogP contribution in [0.5, 0.6) is 0 Å². The molecule has 0 radical (unpaired) electrons. The Morgan fingerprint density at radius 3 is 2.59 bits per heavy atom. The normalized spacial score (nSPS) is 20.5. The summed E-state index contributed by atoms with van der Waals surface area (Å²) in [5.74, 6) is -0.497. The molecule has 0 aliphatic carbocycles. The van der Waals surface area contributed by atoms with Gasteiger partial charge in [0.2, 0.25) is 0 Å². The number of aryl methyl sites for hydroxylation is 1. The molecule has 3 rings (SSSR count). The molecule has 2 amide bonds. The van der Waals surface area contributed by atoms with Gasteiger partial charge in [-0.15, -0.1) is 0 Å². The molecule has 0 saturated carbocycles. The Balaban J connectivity index is 1.80. The first-order valence-electron chi connectivity index (χ1n) is 7.13. The summed E-state index contributed by atoms with van der Waals surface area (Å²) in [6.07, 6.45) is 0. The highest BCUT2D eigenvalue weighted by Gasteiger charge is 2.36. The van der Waals surface area contributed by atoms with Crippen LogP contribution in [0.2, 0.25) is 0 Å². The van der Waals surface area contributed by atoms with Gasteiger partial charge in [0.1, 0.15) is 6.04 Å². The van der Waals surface area contributed by atoms with Crippen LogP contribution >= 0.6 is 0 Å². The predicted molar refractivity (Wildman–Crippen MR) is 82.9 cm³/mol. The van der Waals surface area contributed by atoms with Gasteiger partial charge in [0.15, 0.2) is 0 Å². The van der Waals surface area contributed by atoms with Gasteiger partial charge in [0, 0.05) is 5.56 Å². The van der Waals surface area contributed by atoms with E-state index in [0.717, 1.165) is 11.1 Å². The molecule has 22 heavy (non-hydrogen) atoms. The molecule has 0 bridgehead atoms. The molecule has 0 spiro atoms. The zero-order valence-electron chi connectivity index (χ0n) is 12.2. The summed E-state index contributed by atoms with van der Waals surface area (Å²) in [6.45, 7) is 1.92. The molecule has 0 unspecified atom stereocenters. The summed E-state index contributed by atoms with van der Waals surface area (Å²) in [5, 5.41) is 2.81. The van der Waals surface area contributed by atoms with Crippen molar-refractivity contribution in [2.45, 2.75) is 19.0 Å². The van der Waals surface area contributed by atoms with Gasteiger partial charge in [-0.2, -0.15) is 0 Å². The zero-order chi connectivity index (χ0) is 15.5. The third kappa shape index (κ3) is 2.84. The van der Waals surface area contributed by atoms with Gasteiger partial charge >= 0.3 is 0 Å². The average molecular weight is 295 g/mol. The van der Waals surface area contributed by atoms with Crippen molar-refractivity contribution in [3.05, 3.63) is 71.3 Å². The fourth-order valence-corrected chi connectivity index (χ4v) is 2.56. The lowest BCUT2D eigenvalue weighted by molar-refractivity contribution is -0.121. The van der Waals surface area contributed by atoms with Crippen molar-refractivity contribution in [3.63, 3.8) is 0 Å². The topological polar surface area (TPSA) is 70.2 Å². The first-order chi connectivity index (χ1) is 10.6. The summed E-state index contributed by atoms with van der Waals surface area (Å²) < 4.78 is 0. The van der Waals surface area contributed by atoms with Gasteiger partial charge in [-0.05, 0) is 24.6 Å². The highest BCUT2D eigenvalue weighted by atomic mass is 16.2. The zero-order valence-corrected chi connectivity index (χ0v) is 12.2. The van der Waals surface area contributed by atoms with Crippen molar-refractivity contribution in [2.24, 2.45) is 0 Å². The summed E-state index contributed by atoms with van der Waals surface area (Å²) in [4.78, 5) is 24.4. The molecule has 2 aromatic rings. The van der Waals surface area contributed by atoms with E-state index in [2.05, 4.69) is 16.2 Å². The standard InChI is InChI=1S/C17H17N3O2/c1-11-6-5-9-13(10-11)16(21)18-15-14(19-20-17(15)22)12-7-3-2-4-8-12/h2-10,14-15,19H,1H3,(H,18,21)(H,20,22)/t14-,15+/m0/s1. The van der Waals surface area contributed by atoms with E-state index >= 15 is 0 Å². The van der Waals surface area contributed by atoms with Crippen LogP contribution in [0.4, 0.5) is 0 Å². The maximum Gasteiger partial charge on any atom is 0.258 e. The van der Waals surface area contributed by atoms with Crippen LogP contribution in [0.15, 0.2) is 54.6 Å². The molecule has 2 aromatic carbocycles. The number of hydrazine groups is 1. The number of benzene rings is 2. The second kappa shape index (κ2) is 5.99. The van der Waals surface area contributed by atoms with Crippen molar-refractivity contribution in [1.29, 1.82) is 0 Å². The Morgan fingerprint density at radius 1 is 1.09 bits per heavy atom. The molecule has 0 aromatic heterocycles. The number of hydrogen-bond donors (Lipinski definition) is 3. The van der Waals surface area contributed by atoms with E-state index in [1.165, 1.54) is 0 Å². The summed E-state index contributed by atoms with van der Waals surface area (Å²) in [5.41, 5.74) is 8.00. The van der Waals surface area contributed by atoms with Crippen molar-refractivity contribution in [3.8, 4) is 0 Å². The summed E-state index contributed by atoms with van der Waals surface area (Å²) >= 11 is 0. The van der Waals surface area contributed by atoms with Crippen molar-refractivity contribution in [2.75, 3.05) is 0 Å². The minimum Gasteiger partial charge on any atom is -0.338 e. The van der Waals surface area contributed by atoms with E-state index in [1.807, 2.05) is 49.4 Å². The number of carbonyl (C=O) groups excluding carboxylic acids is 2. The third-order valence-electron chi connectivity index (χ3n) is 3.69. The Labute approximate surface area is 128 Å². The van der Waals surface area contributed by atoms with Crippen molar-refractivity contribution < 1.29 is 9.59 Å². The van der Waals surface area contributed by atoms with Crippen molar-refractivity contribution in [1.82, 2.24) is 16.2 Å². The number of hydrogen-bond acceptors (Lipinski definition) is 3. The fourth-order valence-electron chi connectivity index (χ4n) is 2.56. The van der Waals surface area contributed by atoms with Gasteiger partial charge in [0.25, 0.3) is 11.8 Å². The molecule has 5 heteroatoms. The second-order valence-corrected chi connectivity index (χ2v) is 5.34. The molecule has 1 fully saturated rings. The molecule has 5 nitrogen and oxygen atoms in total. The van der Waals surface area contributed by atoms with Crippen LogP contribution < -0.4 is 16.2 Å². The Kier molecular flexibility index (Phi) is 3.89. The largest absolute Gasteiger partial charge is 0.338 e. The maximum absolute atomic E-state index is 12.4. The van der Waals surface area contributed by atoms with E-state index in [0.29, 0.717) is 5.56 Å². The van der Waals surface area contributed by atoms with Crippen molar-refractivity contribution >= 4 is 11.8 Å². The fraction of sp³-hybridized carbons (Fsp3) is 0.176. The Hall–Kier alpha value is -2.66. The molecular formula is C17H17N3O2. The van der Waals surface area contributed by atoms with Crippen LogP contribution in [0.3, 0.4) is 0 Å². The maximum atomic E-state index is 12.4. The molecule has 1 saturated heterocycles. The minimum atomic E-state index is -0.643. The lowest BCUT2D eigenvalue weighted by Gasteiger charge is -2.18. The first-order valence-corrected chi connectivity index (χ1v) is 7.13. The van der Waals surface area contributed by atoms with Crippen LogP contribution in [0.25, 0.3) is 0 Å². The molecule has 1 aliphatic rings. The SMILES string of the molecule is Cc1cccc(C(=O)N[C@H]2C(=O)NN[C@H]2c2ccccc2)c1.